The third-order valence-corrected chi connectivity index (χ3v) is 6.07. The Bertz CT molecular complexity index is 673. The number of carbonyl (C=O) groups is 1. The molecule has 0 aliphatic carbocycles. The molecule has 6 nitrogen and oxygen atoms in total. The second-order valence-corrected chi connectivity index (χ2v) is 7.53. The Balaban J connectivity index is 2.26. The summed E-state index contributed by atoms with van der Waals surface area (Å²) in [6.07, 6.45) is 1.35. The van der Waals surface area contributed by atoms with Gasteiger partial charge in [-0.2, -0.15) is 4.31 Å². The SMILES string of the molecule is CCc1cc(S(=O)(=O)N2CCCN(C(C)=O)CC2)ccc1OC. The van der Waals surface area contributed by atoms with Gasteiger partial charge in [-0.15, -0.1) is 0 Å². The Morgan fingerprint density at radius 1 is 1.22 bits per heavy atom. The number of hydrogen-bond acceptors (Lipinski definition) is 4. The summed E-state index contributed by atoms with van der Waals surface area (Å²) in [6.45, 7) is 5.27. The summed E-state index contributed by atoms with van der Waals surface area (Å²) in [5.74, 6) is 0.687. The van der Waals surface area contributed by atoms with Crippen molar-refractivity contribution >= 4 is 15.9 Å². The lowest BCUT2D eigenvalue weighted by Crippen LogP contribution is -2.36. The van der Waals surface area contributed by atoms with Crippen molar-refractivity contribution in [2.75, 3.05) is 33.3 Å². The Morgan fingerprint density at radius 2 is 1.96 bits per heavy atom. The van der Waals surface area contributed by atoms with Crippen molar-refractivity contribution in [3.05, 3.63) is 23.8 Å². The van der Waals surface area contributed by atoms with Crippen LogP contribution in [0.1, 0.15) is 25.8 Å². The Kier molecular flexibility index (Phi) is 5.64. The number of nitrogens with zero attached hydrogens (tertiary/aromatic N) is 2. The average Bonchev–Trinajstić information content (AvgIpc) is 2.80. The Labute approximate surface area is 138 Å². The molecule has 1 aliphatic heterocycles. The van der Waals surface area contributed by atoms with Crippen molar-refractivity contribution in [1.82, 2.24) is 9.21 Å². The highest BCUT2D eigenvalue weighted by Crippen LogP contribution is 2.25. The van der Waals surface area contributed by atoms with E-state index in [1.807, 2.05) is 6.92 Å². The molecule has 0 atom stereocenters. The lowest BCUT2D eigenvalue weighted by atomic mass is 10.1. The van der Waals surface area contributed by atoms with Crippen LogP contribution in [0.5, 0.6) is 5.75 Å². The van der Waals surface area contributed by atoms with Gasteiger partial charge in [0.05, 0.1) is 12.0 Å². The number of rotatable bonds is 4. The van der Waals surface area contributed by atoms with E-state index in [1.54, 1.807) is 30.2 Å². The van der Waals surface area contributed by atoms with Crippen LogP contribution in [0, 0.1) is 0 Å². The molecule has 0 spiro atoms. The van der Waals surface area contributed by atoms with Crippen molar-refractivity contribution < 1.29 is 17.9 Å². The van der Waals surface area contributed by atoms with E-state index < -0.39 is 10.0 Å². The number of benzene rings is 1. The average molecular weight is 340 g/mol. The van der Waals surface area contributed by atoms with Crippen LogP contribution >= 0.6 is 0 Å². The summed E-state index contributed by atoms with van der Waals surface area (Å²) in [4.78, 5) is 13.5. The molecule has 0 bridgehead atoms. The van der Waals surface area contributed by atoms with Gasteiger partial charge in [0.1, 0.15) is 5.75 Å². The highest BCUT2D eigenvalue weighted by Gasteiger charge is 2.28. The normalized spacial score (nSPS) is 16.9. The van der Waals surface area contributed by atoms with Crippen LogP contribution in [0.3, 0.4) is 0 Å². The molecule has 1 heterocycles. The van der Waals surface area contributed by atoms with Gasteiger partial charge in [0.2, 0.25) is 15.9 Å². The highest BCUT2D eigenvalue weighted by molar-refractivity contribution is 7.89. The second-order valence-electron chi connectivity index (χ2n) is 5.59. The minimum Gasteiger partial charge on any atom is -0.496 e. The molecular formula is C16H24N2O4S. The first kappa shape index (κ1) is 17.7. The number of carbonyl (C=O) groups excluding carboxylic acids is 1. The monoisotopic (exact) mass is 340 g/mol. The quantitative estimate of drug-likeness (QED) is 0.833. The number of methoxy groups -OCH3 is 1. The molecule has 0 radical (unpaired) electrons. The van der Waals surface area contributed by atoms with E-state index >= 15 is 0 Å². The summed E-state index contributed by atoms with van der Waals surface area (Å²) < 4.78 is 32.5. The molecule has 1 aromatic rings. The zero-order chi connectivity index (χ0) is 17.0. The molecule has 0 saturated carbocycles. The van der Waals surface area contributed by atoms with E-state index in [-0.39, 0.29) is 10.8 Å². The minimum atomic E-state index is -3.55. The molecule has 1 aliphatic rings. The van der Waals surface area contributed by atoms with Crippen LogP contribution in [0.4, 0.5) is 0 Å². The summed E-state index contributed by atoms with van der Waals surface area (Å²) in [5, 5.41) is 0. The standard InChI is InChI=1S/C16H24N2O4S/c1-4-14-12-15(6-7-16(14)22-3)23(20,21)18-9-5-8-17(10-11-18)13(2)19/h6-7,12H,4-5,8-11H2,1-3H3. The van der Waals surface area contributed by atoms with Gasteiger partial charge in [0.25, 0.3) is 0 Å². The fraction of sp³-hybridized carbons (Fsp3) is 0.562. The molecule has 0 N–H and O–H groups in total. The number of ether oxygens (including phenoxy) is 1. The first-order valence-electron chi connectivity index (χ1n) is 7.82. The lowest BCUT2D eigenvalue weighted by Gasteiger charge is -2.21. The van der Waals surface area contributed by atoms with Crippen LogP contribution in [0.15, 0.2) is 23.1 Å². The van der Waals surface area contributed by atoms with E-state index in [2.05, 4.69) is 0 Å². The Hall–Kier alpha value is -1.60. The number of amides is 1. The Morgan fingerprint density at radius 3 is 2.57 bits per heavy atom. The molecule has 128 valence electrons. The van der Waals surface area contributed by atoms with Gasteiger partial charge in [-0.05, 0) is 36.6 Å². The van der Waals surface area contributed by atoms with Gasteiger partial charge in [0, 0.05) is 33.1 Å². The van der Waals surface area contributed by atoms with E-state index in [9.17, 15) is 13.2 Å². The first-order valence-corrected chi connectivity index (χ1v) is 9.26. The predicted molar refractivity (Wildman–Crippen MR) is 88.0 cm³/mol. The fourth-order valence-corrected chi connectivity index (χ4v) is 4.31. The summed E-state index contributed by atoms with van der Waals surface area (Å²) in [7, 11) is -1.98. The van der Waals surface area contributed by atoms with Crippen molar-refractivity contribution in [2.45, 2.75) is 31.6 Å². The number of hydrogen-bond donors (Lipinski definition) is 0. The third kappa shape index (κ3) is 3.84. The van der Waals surface area contributed by atoms with E-state index in [0.717, 1.165) is 5.56 Å². The zero-order valence-corrected chi connectivity index (χ0v) is 14.7. The smallest absolute Gasteiger partial charge is 0.243 e. The second kappa shape index (κ2) is 7.31. The lowest BCUT2D eigenvalue weighted by molar-refractivity contribution is -0.128. The molecule has 1 saturated heterocycles. The maximum Gasteiger partial charge on any atom is 0.243 e. The van der Waals surface area contributed by atoms with Crippen LogP contribution < -0.4 is 4.74 Å². The first-order chi connectivity index (χ1) is 10.9. The van der Waals surface area contributed by atoms with Gasteiger partial charge < -0.3 is 9.64 Å². The van der Waals surface area contributed by atoms with Gasteiger partial charge in [-0.1, -0.05) is 6.92 Å². The maximum absolute atomic E-state index is 12.9. The maximum atomic E-state index is 12.9. The number of sulfonamides is 1. The van der Waals surface area contributed by atoms with Crippen molar-refractivity contribution in [3.63, 3.8) is 0 Å². The predicted octanol–water partition coefficient (Wildman–Crippen LogP) is 1.50. The van der Waals surface area contributed by atoms with E-state index in [0.29, 0.717) is 44.8 Å². The van der Waals surface area contributed by atoms with E-state index in [4.69, 9.17) is 4.74 Å². The topological polar surface area (TPSA) is 66.9 Å². The van der Waals surface area contributed by atoms with Gasteiger partial charge in [-0.25, -0.2) is 8.42 Å². The summed E-state index contributed by atoms with van der Waals surface area (Å²) >= 11 is 0. The number of aryl methyl sites for hydroxylation is 1. The molecule has 7 heteroatoms. The van der Waals surface area contributed by atoms with Crippen LogP contribution in [0.2, 0.25) is 0 Å². The summed E-state index contributed by atoms with van der Waals surface area (Å²) in [5.41, 5.74) is 0.869. The van der Waals surface area contributed by atoms with Crippen LogP contribution in [-0.2, 0) is 21.2 Å². The van der Waals surface area contributed by atoms with Crippen LogP contribution in [-0.4, -0.2) is 56.8 Å². The fourth-order valence-electron chi connectivity index (χ4n) is 2.79. The van der Waals surface area contributed by atoms with Gasteiger partial charge in [-0.3, -0.25) is 4.79 Å². The molecule has 0 unspecified atom stereocenters. The molecule has 1 fully saturated rings. The van der Waals surface area contributed by atoms with Crippen molar-refractivity contribution in [2.24, 2.45) is 0 Å². The largest absolute Gasteiger partial charge is 0.496 e. The molecule has 2 rings (SSSR count). The zero-order valence-electron chi connectivity index (χ0n) is 13.9. The third-order valence-electron chi connectivity index (χ3n) is 4.17. The van der Waals surface area contributed by atoms with Gasteiger partial charge >= 0.3 is 0 Å². The highest BCUT2D eigenvalue weighted by atomic mass is 32.2. The molecular weight excluding hydrogens is 316 g/mol. The van der Waals surface area contributed by atoms with Crippen molar-refractivity contribution in [1.29, 1.82) is 0 Å². The minimum absolute atomic E-state index is 0.0121. The molecule has 1 amide bonds. The van der Waals surface area contributed by atoms with Crippen LogP contribution in [0.25, 0.3) is 0 Å². The molecule has 1 aromatic carbocycles. The molecule has 0 aromatic heterocycles. The van der Waals surface area contributed by atoms with Gasteiger partial charge in [0.15, 0.2) is 0 Å². The van der Waals surface area contributed by atoms with Crippen molar-refractivity contribution in [3.8, 4) is 5.75 Å². The van der Waals surface area contributed by atoms with E-state index in [1.165, 1.54) is 11.2 Å². The molecule has 23 heavy (non-hydrogen) atoms. The summed E-state index contributed by atoms with van der Waals surface area (Å²) in [6, 6.07) is 4.97.